The fraction of sp³-hybridized carbons (Fsp3) is 0.118. The van der Waals surface area contributed by atoms with Crippen LogP contribution in [0.1, 0.15) is 22.4 Å². The fourth-order valence-electron chi connectivity index (χ4n) is 2.89. The molecule has 1 nitrogen and oxygen atoms in total. The summed E-state index contributed by atoms with van der Waals surface area (Å²) in [5.41, 5.74) is 7.26. The molecule has 3 aromatic rings. The number of halogens is 2. The summed E-state index contributed by atoms with van der Waals surface area (Å²) in [6, 6.07) is 10.7. The molecule has 1 aliphatic carbocycles. The van der Waals surface area contributed by atoms with Gasteiger partial charge in [0, 0.05) is 22.2 Å². The van der Waals surface area contributed by atoms with Crippen molar-refractivity contribution < 1.29 is 0 Å². The number of benzene rings is 1. The maximum atomic E-state index is 6.46. The van der Waals surface area contributed by atoms with Crippen LogP contribution in [-0.4, -0.2) is 4.98 Å². The Bertz CT molecular complexity index is 827. The average molecular weight is 377 g/mol. The van der Waals surface area contributed by atoms with E-state index in [4.69, 9.17) is 11.6 Å². The Balaban J connectivity index is 1.77. The molecule has 0 radical (unpaired) electrons. The van der Waals surface area contributed by atoms with E-state index < -0.39 is 0 Å². The van der Waals surface area contributed by atoms with E-state index in [2.05, 4.69) is 62.0 Å². The Hall–Kier alpha value is -1.16. The third-order valence-corrected chi connectivity index (χ3v) is 5.29. The van der Waals surface area contributed by atoms with Crippen LogP contribution in [0.25, 0.3) is 11.1 Å². The topological polar surface area (TPSA) is 12.9 Å². The van der Waals surface area contributed by atoms with Crippen LogP contribution >= 0.6 is 38.9 Å². The van der Waals surface area contributed by atoms with Crippen molar-refractivity contribution in [2.75, 3.05) is 0 Å². The van der Waals surface area contributed by atoms with E-state index in [9.17, 15) is 0 Å². The van der Waals surface area contributed by atoms with E-state index >= 15 is 0 Å². The molecule has 1 aromatic carbocycles. The van der Waals surface area contributed by atoms with Crippen molar-refractivity contribution in [3.05, 3.63) is 73.1 Å². The molecular weight excluding hydrogens is 366 g/mol. The Morgan fingerprint density at radius 3 is 2.90 bits per heavy atom. The molecule has 0 atom stereocenters. The van der Waals surface area contributed by atoms with Gasteiger partial charge in [0.25, 0.3) is 0 Å². The summed E-state index contributed by atoms with van der Waals surface area (Å²) in [6.07, 6.45) is 1.78. The highest BCUT2D eigenvalue weighted by atomic mass is 79.9. The smallest absolute Gasteiger partial charge is 0.137 e. The molecule has 4 heteroatoms. The Labute approximate surface area is 140 Å². The Morgan fingerprint density at radius 2 is 2.10 bits per heavy atom. The number of hydrogen-bond acceptors (Lipinski definition) is 2. The van der Waals surface area contributed by atoms with Crippen molar-refractivity contribution in [1.29, 1.82) is 0 Å². The van der Waals surface area contributed by atoms with Gasteiger partial charge in [-0.25, -0.2) is 4.98 Å². The van der Waals surface area contributed by atoms with Crippen LogP contribution in [0.4, 0.5) is 0 Å². The molecule has 4 rings (SSSR count). The zero-order chi connectivity index (χ0) is 14.4. The van der Waals surface area contributed by atoms with Gasteiger partial charge in [-0.2, -0.15) is 11.3 Å². The van der Waals surface area contributed by atoms with E-state index in [-0.39, 0.29) is 0 Å². The molecule has 0 amide bonds. The summed E-state index contributed by atoms with van der Waals surface area (Å²) >= 11 is 11.7. The van der Waals surface area contributed by atoms with Crippen LogP contribution in [0.3, 0.4) is 0 Å². The van der Waals surface area contributed by atoms with Crippen molar-refractivity contribution in [1.82, 2.24) is 4.98 Å². The van der Waals surface area contributed by atoms with Crippen molar-refractivity contribution in [2.24, 2.45) is 0 Å². The van der Waals surface area contributed by atoms with Crippen LogP contribution in [0.5, 0.6) is 0 Å². The third-order valence-electron chi connectivity index (χ3n) is 3.79. The van der Waals surface area contributed by atoms with Crippen LogP contribution in [-0.2, 0) is 12.8 Å². The summed E-state index contributed by atoms with van der Waals surface area (Å²) in [7, 11) is 0. The van der Waals surface area contributed by atoms with Crippen LogP contribution < -0.4 is 0 Å². The highest BCUT2D eigenvalue weighted by molar-refractivity contribution is 9.10. The van der Waals surface area contributed by atoms with Crippen molar-refractivity contribution in [2.45, 2.75) is 12.8 Å². The van der Waals surface area contributed by atoms with Gasteiger partial charge in [0.1, 0.15) is 5.15 Å². The van der Waals surface area contributed by atoms with Gasteiger partial charge in [-0.15, -0.1) is 0 Å². The van der Waals surface area contributed by atoms with Gasteiger partial charge in [-0.05, 0) is 63.7 Å². The summed E-state index contributed by atoms with van der Waals surface area (Å²) in [5.74, 6) is 0. The first-order valence-corrected chi connectivity index (χ1v) is 8.80. The minimum atomic E-state index is 0.624. The zero-order valence-corrected chi connectivity index (χ0v) is 14.2. The summed E-state index contributed by atoms with van der Waals surface area (Å²) < 4.78 is 1.11. The molecule has 0 unspecified atom stereocenters. The molecule has 0 fully saturated rings. The van der Waals surface area contributed by atoms with E-state index in [1.165, 1.54) is 22.3 Å². The second kappa shape index (κ2) is 5.24. The first-order chi connectivity index (χ1) is 10.2. The van der Waals surface area contributed by atoms with Gasteiger partial charge in [-0.3, -0.25) is 0 Å². The molecule has 21 heavy (non-hydrogen) atoms. The molecule has 104 valence electrons. The van der Waals surface area contributed by atoms with E-state index in [0.29, 0.717) is 5.15 Å². The molecule has 0 spiro atoms. The van der Waals surface area contributed by atoms with Gasteiger partial charge >= 0.3 is 0 Å². The molecule has 2 aromatic heterocycles. The molecule has 0 aliphatic heterocycles. The second-order valence-corrected chi connectivity index (χ2v) is 7.28. The van der Waals surface area contributed by atoms with Crippen LogP contribution in [0.2, 0.25) is 5.15 Å². The van der Waals surface area contributed by atoms with E-state index in [1.54, 1.807) is 11.3 Å². The van der Waals surface area contributed by atoms with Gasteiger partial charge < -0.3 is 0 Å². The highest BCUT2D eigenvalue weighted by Crippen LogP contribution is 2.41. The number of fused-ring (bicyclic) bond motifs is 3. The summed E-state index contributed by atoms with van der Waals surface area (Å²) in [6.45, 7) is 0. The molecule has 0 saturated carbocycles. The molecule has 2 heterocycles. The standard InChI is InChI=1S/C17H11BrClNS/c18-13-1-2-15-11(7-13)6-12-8-14(20-17(19)16(12)15)5-10-3-4-21-9-10/h1-4,7-9H,5-6H2. The van der Waals surface area contributed by atoms with Crippen molar-refractivity contribution >= 4 is 38.9 Å². The Morgan fingerprint density at radius 1 is 1.19 bits per heavy atom. The fourth-order valence-corrected chi connectivity index (χ4v) is 4.30. The average Bonchev–Trinajstić information content (AvgIpc) is 3.05. The number of hydrogen-bond donors (Lipinski definition) is 0. The maximum Gasteiger partial charge on any atom is 0.137 e. The largest absolute Gasteiger partial charge is 0.240 e. The third kappa shape index (κ3) is 2.44. The maximum absolute atomic E-state index is 6.46. The first kappa shape index (κ1) is 13.5. The molecule has 0 bridgehead atoms. The molecule has 1 aliphatic rings. The SMILES string of the molecule is Clc1nc(Cc2ccsc2)cc2c1-c1ccc(Br)cc1C2. The van der Waals surface area contributed by atoms with Crippen molar-refractivity contribution in [3.8, 4) is 11.1 Å². The van der Waals surface area contributed by atoms with E-state index in [1.807, 2.05) is 0 Å². The summed E-state index contributed by atoms with van der Waals surface area (Å²) in [5, 5.41) is 4.88. The van der Waals surface area contributed by atoms with Gasteiger partial charge in [0.2, 0.25) is 0 Å². The quantitative estimate of drug-likeness (QED) is 0.408. The lowest BCUT2D eigenvalue weighted by Gasteiger charge is -2.07. The number of nitrogens with zero attached hydrogens (tertiary/aromatic N) is 1. The number of thiophene rings is 1. The number of pyridine rings is 1. The van der Waals surface area contributed by atoms with Gasteiger partial charge in [0.15, 0.2) is 0 Å². The molecular formula is C17H11BrClNS. The van der Waals surface area contributed by atoms with Crippen molar-refractivity contribution in [3.63, 3.8) is 0 Å². The molecule has 0 N–H and O–H groups in total. The minimum absolute atomic E-state index is 0.624. The lowest BCUT2D eigenvalue weighted by molar-refractivity contribution is 1.07. The number of aromatic nitrogens is 1. The zero-order valence-electron chi connectivity index (χ0n) is 11.1. The molecule has 0 saturated heterocycles. The predicted molar refractivity (Wildman–Crippen MR) is 92.3 cm³/mol. The lowest BCUT2D eigenvalue weighted by Crippen LogP contribution is -1.95. The first-order valence-electron chi connectivity index (χ1n) is 6.69. The van der Waals surface area contributed by atoms with Gasteiger partial charge in [-0.1, -0.05) is 33.6 Å². The minimum Gasteiger partial charge on any atom is -0.240 e. The summed E-state index contributed by atoms with van der Waals surface area (Å²) in [4.78, 5) is 4.60. The Kier molecular flexibility index (Phi) is 3.37. The normalized spacial score (nSPS) is 12.3. The van der Waals surface area contributed by atoms with Crippen LogP contribution in [0, 0.1) is 0 Å². The van der Waals surface area contributed by atoms with E-state index in [0.717, 1.165) is 28.6 Å². The highest BCUT2D eigenvalue weighted by Gasteiger charge is 2.23. The van der Waals surface area contributed by atoms with Crippen LogP contribution in [0.15, 0.2) is 45.6 Å². The lowest BCUT2D eigenvalue weighted by atomic mass is 10.1. The predicted octanol–water partition coefficient (Wildman–Crippen LogP) is 5.72. The number of rotatable bonds is 2. The second-order valence-electron chi connectivity index (χ2n) is 5.23. The van der Waals surface area contributed by atoms with Gasteiger partial charge in [0.05, 0.1) is 0 Å². The monoisotopic (exact) mass is 375 g/mol.